The standard InChI is InChI=1S/C13H15ClN2O/c14-9-2-3-10-11(8-9)16(7-1-6-15)12(17)13(10)4-5-13/h2-3,8H,1,4-7,15H2. The van der Waals surface area contributed by atoms with Crippen LogP contribution in [0.5, 0.6) is 0 Å². The number of benzene rings is 1. The Balaban J connectivity index is 2.03. The lowest BCUT2D eigenvalue weighted by molar-refractivity contribution is -0.120. The molecule has 1 heterocycles. The van der Waals surface area contributed by atoms with Gasteiger partial charge in [-0.1, -0.05) is 17.7 Å². The molecule has 0 saturated heterocycles. The van der Waals surface area contributed by atoms with E-state index in [2.05, 4.69) is 0 Å². The van der Waals surface area contributed by atoms with E-state index in [1.165, 1.54) is 0 Å². The van der Waals surface area contributed by atoms with Gasteiger partial charge in [-0.2, -0.15) is 0 Å². The van der Waals surface area contributed by atoms with Gasteiger partial charge in [0.1, 0.15) is 0 Å². The molecule has 0 radical (unpaired) electrons. The van der Waals surface area contributed by atoms with Crippen molar-refractivity contribution >= 4 is 23.2 Å². The Morgan fingerprint density at radius 2 is 2.18 bits per heavy atom. The molecule has 2 N–H and O–H groups in total. The zero-order chi connectivity index (χ0) is 12.0. The summed E-state index contributed by atoms with van der Waals surface area (Å²) in [7, 11) is 0. The number of nitrogens with two attached hydrogens (primary N) is 1. The number of amides is 1. The summed E-state index contributed by atoms with van der Waals surface area (Å²) in [6.07, 6.45) is 2.77. The van der Waals surface area contributed by atoms with E-state index >= 15 is 0 Å². The minimum Gasteiger partial charge on any atom is -0.330 e. The highest BCUT2D eigenvalue weighted by atomic mass is 35.5. The van der Waals surface area contributed by atoms with Gasteiger partial charge in [-0.15, -0.1) is 0 Å². The largest absolute Gasteiger partial charge is 0.330 e. The van der Waals surface area contributed by atoms with E-state index in [4.69, 9.17) is 17.3 Å². The van der Waals surface area contributed by atoms with Crippen molar-refractivity contribution in [2.45, 2.75) is 24.7 Å². The average Bonchev–Trinajstić information content (AvgIpc) is 3.06. The molecule has 0 atom stereocenters. The van der Waals surface area contributed by atoms with E-state index < -0.39 is 0 Å². The third-order valence-electron chi connectivity index (χ3n) is 3.76. The number of anilines is 1. The number of hydrogen-bond donors (Lipinski definition) is 1. The van der Waals surface area contributed by atoms with Crippen LogP contribution in [-0.4, -0.2) is 19.0 Å². The fourth-order valence-electron chi connectivity index (χ4n) is 2.70. The highest BCUT2D eigenvalue weighted by Gasteiger charge is 2.58. The minimum absolute atomic E-state index is 0.214. The lowest BCUT2D eigenvalue weighted by Gasteiger charge is -2.17. The van der Waals surface area contributed by atoms with Gasteiger partial charge < -0.3 is 10.6 Å². The first-order valence-corrected chi connectivity index (χ1v) is 6.39. The minimum atomic E-state index is -0.214. The Bertz CT molecular complexity index is 482. The molecule has 1 fully saturated rings. The molecule has 90 valence electrons. The first kappa shape index (κ1) is 11.1. The first-order valence-electron chi connectivity index (χ1n) is 6.01. The van der Waals surface area contributed by atoms with Gasteiger partial charge in [-0.05, 0) is 43.5 Å². The molecule has 3 nitrogen and oxygen atoms in total. The molecule has 0 unspecified atom stereocenters. The average molecular weight is 251 g/mol. The molecule has 2 aliphatic rings. The van der Waals surface area contributed by atoms with Crippen LogP contribution in [0.4, 0.5) is 5.69 Å². The number of halogens is 1. The van der Waals surface area contributed by atoms with Crippen molar-refractivity contribution in [2.24, 2.45) is 5.73 Å². The Labute approximate surface area is 106 Å². The number of hydrogen-bond acceptors (Lipinski definition) is 2. The third kappa shape index (κ3) is 1.49. The number of carbonyl (C=O) groups is 1. The Morgan fingerprint density at radius 3 is 2.82 bits per heavy atom. The Morgan fingerprint density at radius 1 is 1.41 bits per heavy atom. The number of nitrogens with zero attached hydrogens (tertiary/aromatic N) is 1. The molecule has 4 heteroatoms. The predicted molar refractivity (Wildman–Crippen MR) is 68.4 cm³/mol. The summed E-state index contributed by atoms with van der Waals surface area (Å²) in [5, 5.41) is 0.687. The maximum Gasteiger partial charge on any atom is 0.237 e. The summed E-state index contributed by atoms with van der Waals surface area (Å²) in [6.45, 7) is 1.30. The zero-order valence-electron chi connectivity index (χ0n) is 9.58. The van der Waals surface area contributed by atoms with E-state index in [-0.39, 0.29) is 11.3 Å². The highest BCUT2D eigenvalue weighted by molar-refractivity contribution is 6.31. The van der Waals surface area contributed by atoms with Crippen LogP contribution in [0.1, 0.15) is 24.8 Å². The van der Waals surface area contributed by atoms with Gasteiger partial charge in [0.2, 0.25) is 5.91 Å². The van der Waals surface area contributed by atoms with Crippen molar-refractivity contribution in [1.29, 1.82) is 0 Å². The van der Waals surface area contributed by atoms with E-state index in [1.807, 2.05) is 23.1 Å². The topological polar surface area (TPSA) is 46.3 Å². The van der Waals surface area contributed by atoms with E-state index in [0.29, 0.717) is 18.1 Å². The normalized spacial score (nSPS) is 19.9. The summed E-state index contributed by atoms with van der Waals surface area (Å²) in [5.41, 5.74) is 7.46. The van der Waals surface area contributed by atoms with Crippen LogP contribution in [0.25, 0.3) is 0 Å². The lowest BCUT2D eigenvalue weighted by Crippen LogP contribution is -2.33. The molecule has 1 aromatic rings. The fraction of sp³-hybridized carbons (Fsp3) is 0.462. The van der Waals surface area contributed by atoms with Crippen molar-refractivity contribution in [1.82, 2.24) is 0 Å². The second kappa shape index (κ2) is 3.72. The summed E-state index contributed by atoms with van der Waals surface area (Å²) < 4.78 is 0. The van der Waals surface area contributed by atoms with Crippen LogP contribution < -0.4 is 10.6 Å². The predicted octanol–water partition coefficient (Wildman–Crippen LogP) is 2.07. The van der Waals surface area contributed by atoms with E-state index in [0.717, 1.165) is 30.5 Å². The molecule has 1 aliphatic carbocycles. The molecule has 0 aromatic heterocycles. The highest BCUT2D eigenvalue weighted by Crippen LogP contribution is 2.57. The van der Waals surface area contributed by atoms with Crippen molar-refractivity contribution in [2.75, 3.05) is 18.0 Å². The molecular weight excluding hydrogens is 236 g/mol. The van der Waals surface area contributed by atoms with Gasteiger partial charge in [-0.25, -0.2) is 0 Å². The maximum atomic E-state index is 12.4. The van der Waals surface area contributed by atoms with Crippen molar-refractivity contribution < 1.29 is 4.79 Å². The van der Waals surface area contributed by atoms with Crippen molar-refractivity contribution in [3.63, 3.8) is 0 Å². The number of fused-ring (bicyclic) bond motifs is 2. The molecular formula is C13H15ClN2O. The smallest absolute Gasteiger partial charge is 0.237 e. The molecule has 1 amide bonds. The van der Waals surface area contributed by atoms with Gasteiger partial charge in [0.05, 0.1) is 5.41 Å². The summed E-state index contributed by atoms with van der Waals surface area (Å²) >= 11 is 6.02. The van der Waals surface area contributed by atoms with Gasteiger partial charge in [0, 0.05) is 17.3 Å². The molecule has 1 spiro atoms. The Hall–Kier alpha value is -1.06. The van der Waals surface area contributed by atoms with Crippen molar-refractivity contribution in [3.05, 3.63) is 28.8 Å². The number of carbonyl (C=O) groups excluding carboxylic acids is 1. The number of rotatable bonds is 3. The van der Waals surface area contributed by atoms with Crippen molar-refractivity contribution in [3.8, 4) is 0 Å². The monoisotopic (exact) mass is 250 g/mol. The van der Waals surface area contributed by atoms with Crippen LogP contribution in [0.15, 0.2) is 18.2 Å². The third-order valence-corrected chi connectivity index (χ3v) is 3.99. The second-order valence-corrected chi connectivity index (χ2v) is 5.28. The maximum absolute atomic E-state index is 12.4. The summed E-state index contributed by atoms with van der Waals surface area (Å²) in [6, 6.07) is 5.78. The van der Waals surface area contributed by atoms with E-state index in [9.17, 15) is 4.79 Å². The van der Waals surface area contributed by atoms with Gasteiger partial charge in [0.15, 0.2) is 0 Å². The van der Waals surface area contributed by atoms with Crippen LogP contribution in [0.3, 0.4) is 0 Å². The molecule has 1 saturated carbocycles. The fourth-order valence-corrected chi connectivity index (χ4v) is 2.86. The van der Waals surface area contributed by atoms with Crippen LogP contribution in [0, 0.1) is 0 Å². The summed E-state index contributed by atoms with van der Waals surface area (Å²) in [4.78, 5) is 14.3. The molecule has 1 aromatic carbocycles. The second-order valence-electron chi connectivity index (χ2n) is 4.84. The van der Waals surface area contributed by atoms with Crippen LogP contribution in [-0.2, 0) is 10.2 Å². The SMILES string of the molecule is NCCCN1C(=O)C2(CC2)c2ccc(Cl)cc21. The first-order chi connectivity index (χ1) is 8.19. The lowest BCUT2D eigenvalue weighted by atomic mass is 9.98. The molecule has 0 bridgehead atoms. The zero-order valence-corrected chi connectivity index (χ0v) is 10.3. The van der Waals surface area contributed by atoms with Crippen LogP contribution >= 0.6 is 11.6 Å². The quantitative estimate of drug-likeness (QED) is 0.893. The molecule has 3 rings (SSSR count). The van der Waals surface area contributed by atoms with Gasteiger partial charge >= 0.3 is 0 Å². The van der Waals surface area contributed by atoms with Crippen LogP contribution in [0.2, 0.25) is 5.02 Å². The van der Waals surface area contributed by atoms with Gasteiger partial charge in [0.25, 0.3) is 0 Å². The van der Waals surface area contributed by atoms with E-state index in [1.54, 1.807) is 0 Å². The molecule has 17 heavy (non-hydrogen) atoms. The van der Waals surface area contributed by atoms with Gasteiger partial charge in [-0.3, -0.25) is 4.79 Å². The Kier molecular flexibility index (Phi) is 2.42. The molecule has 1 aliphatic heterocycles. The summed E-state index contributed by atoms with van der Waals surface area (Å²) in [5.74, 6) is 0.239.